The molecule has 1 aliphatic heterocycles. The van der Waals surface area contributed by atoms with Crippen molar-refractivity contribution in [2.45, 2.75) is 31.3 Å². The zero-order valence-electron chi connectivity index (χ0n) is 8.66. The van der Waals surface area contributed by atoms with Crippen LogP contribution in [0, 0.1) is 5.92 Å². The van der Waals surface area contributed by atoms with E-state index >= 15 is 0 Å². The molecule has 0 bridgehead atoms. The van der Waals surface area contributed by atoms with Crippen LogP contribution >= 0.6 is 0 Å². The van der Waals surface area contributed by atoms with Crippen LogP contribution < -0.4 is 0 Å². The lowest BCUT2D eigenvalue weighted by atomic mass is 9.91. The number of rotatable bonds is 2. The van der Waals surface area contributed by atoms with Gasteiger partial charge < -0.3 is 24.8 Å². The summed E-state index contributed by atoms with van der Waals surface area (Å²) in [7, 11) is 1.24. The second-order valence-electron chi connectivity index (χ2n) is 3.66. The lowest BCUT2D eigenvalue weighted by Crippen LogP contribution is -2.56. The molecule has 2 unspecified atom stereocenters. The predicted octanol–water partition coefficient (Wildman–Crippen LogP) is -1.72. The molecular weight excluding hydrogens is 204 g/mol. The fourth-order valence-electron chi connectivity index (χ4n) is 1.59. The molecule has 0 aromatic rings. The summed E-state index contributed by atoms with van der Waals surface area (Å²) in [5.74, 6) is -1.21. The lowest BCUT2D eigenvalue weighted by molar-refractivity contribution is -0.204. The third-order valence-corrected chi connectivity index (χ3v) is 2.61. The molecule has 0 saturated carbocycles. The standard InChI is InChI=1S/C9H16O6/c1-4(9(13)14-2)8-7(12)6(11)5(10)3-15-8/h4-8,10-12H,3H2,1-2H3/t4?,5-,6+,7-,8?/m1/s1. The maximum Gasteiger partial charge on any atom is 0.311 e. The molecule has 0 aliphatic carbocycles. The van der Waals surface area contributed by atoms with Crippen molar-refractivity contribution in [2.24, 2.45) is 5.92 Å². The van der Waals surface area contributed by atoms with Gasteiger partial charge in [0.2, 0.25) is 0 Å². The number of ether oxygens (including phenoxy) is 2. The van der Waals surface area contributed by atoms with Gasteiger partial charge in [-0.1, -0.05) is 0 Å². The van der Waals surface area contributed by atoms with Crippen LogP contribution in [-0.4, -0.2) is 59.4 Å². The van der Waals surface area contributed by atoms with Crippen molar-refractivity contribution in [3.8, 4) is 0 Å². The highest BCUT2D eigenvalue weighted by Gasteiger charge is 2.42. The van der Waals surface area contributed by atoms with E-state index in [1.807, 2.05) is 0 Å². The van der Waals surface area contributed by atoms with Gasteiger partial charge in [-0.25, -0.2) is 0 Å². The summed E-state index contributed by atoms with van der Waals surface area (Å²) in [5.41, 5.74) is 0. The van der Waals surface area contributed by atoms with Crippen LogP contribution in [-0.2, 0) is 14.3 Å². The Morgan fingerprint density at radius 1 is 1.40 bits per heavy atom. The summed E-state index contributed by atoms with van der Waals surface area (Å²) in [5, 5.41) is 28.2. The molecule has 1 saturated heterocycles. The molecule has 1 rings (SSSR count). The van der Waals surface area contributed by atoms with Crippen LogP contribution in [0.5, 0.6) is 0 Å². The van der Waals surface area contributed by atoms with Crippen LogP contribution in [0.25, 0.3) is 0 Å². The molecule has 6 heteroatoms. The molecule has 1 aliphatic rings. The zero-order valence-corrected chi connectivity index (χ0v) is 8.66. The molecule has 0 spiro atoms. The van der Waals surface area contributed by atoms with E-state index in [2.05, 4.69) is 4.74 Å². The molecule has 6 nitrogen and oxygen atoms in total. The van der Waals surface area contributed by atoms with Crippen LogP contribution in [0.1, 0.15) is 6.92 Å². The summed E-state index contributed by atoms with van der Waals surface area (Å²) in [4.78, 5) is 11.2. The van der Waals surface area contributed by atoms with E-state index in [0.717, 1.165) is 0 Å². The Kier molecular flexibility index (Phi) is 4.04. The largest absolute Gasteiger partial charge is 0.469 e. The van der Waals surface area contributed by atoms with Crippen LogP contribution in [0.4, 0.5) is 0 Å². The highest BCUT2D eigenvalue weighted by Crippen LogP contribution is 2.22. The first kappa shape index (κ1) is 12.4. The highest BCUT2D eigenvalue weighted by atomic mass is 16.5. The van der Waals surface area contributed by atoms with E-state index in [-0.39, 0.29) is 6.61 Å². The van der Waals surface area contributed by atoms with Crippen molar-refractivity contribution >= 4 is 5.97 Å². The van der Waals surface area contributed by atoms with Crippen molar-refractivity contribution in [2.75, 3.05) is 13.7 Å². The maximum absolute atomic E-state index is 11.2. The van der Waals surface area contributed by atoms with Gasteiger partial charge in [0.1, 0.15) is 18.3 Å². The van der Waals surface area contributed by atoms with Gasteiger partial charge in [-0.3, -0.25) is 4.79 Å². The van der Waals surface area contributed by atoms with Gasteiger partial charge in [0, 0.05) is 0 Å². The lowest BCUT2D eigenvalue weighted by Gasteiger charge is -2.37. The van der Waals surface area contributed by atoms with E-state index in [4.69, 9.17) is 4.74 Å². The predicted molar refractivity (Wildman–Crippen MR) is 48.9 cm³/mol. The molecule has 0 aromatic carbocycles. The topological polar surface area (TPSA) is 96.2 Å². The summed E-state index contributed by atoms with van der Waals surface area (Å²) < 4.78 is 9.60. The van der Waals surface area contributed by atoms with Crippen molar-refractivity contribution in [1.29, 1.82) is 0 Å². The Bertz CT molecular complexity index is 231. The Hall–Kier alpha value is -0.690. The van der Waals surface area contributed by atoms with E-state index in [1.54, 1.807) is 0 Å². The number of hydrogen-bond acceptors (Lipinski definition) is 6. The zero-order chi connectivity index (χ0) is 11.6. The highest BCUT2D eigenvalue weighted by molar-refractivity contribution is 5.72. The van der Waals surface area contributed by atoms with Crippen molar-refractivity contribution in [3.05, 3.63) is 0 Å². The Labute approximate surface area is 87.4 Å². The average molecular weight is 220 g/mol. The third-order valence-electron chi connectivity index (χ3n) is 2.61. The summed E-state index contributed by atoms with van der Waals surface area (Å²) >= 11 is 0. The van der Waals surface area contributed by atoms with Gasteiger partial charge in [-0.15, -0.1) is 0 Å². The molecule has 88 valence electrons. The Balaban J connectivity index is 2.66. The quantitative estimate of drug-likeness (QED) is 0.479. The number of aliphatic hydroxyl groups is 3. The normalized spacial score (nSPS) is 38.5. The SMILES string of the molecule is COC(=O)C(C)C1OC[C@@H](O)[C@H](O)[C@H]1O. The monoisotopic (exact) mass is 220 g/mol. The van der Waals surface area contributed by atoms with Gasteiger partial charge >= 0.3 is 5.97 Å². The average Bonchev–Trinajstić information content (AvgIpc) is 2.24. The molecule has 1 fully saturated rings. The molecule has 3 N–H and O–H groups in total. The van der Waals surface area contributed by atoms with Gasteiger partial charge in [0.25, 0.3) is 0 Å². The smallest absolute Gasteiger partial charge is 0.311 e. The second kappa shape index (κ2) is 4.89. The number of aliphatic hydroxyl groups excluding tert-OH is 3. The summed E-state index contributed by atoms with van der Waals surface area (Å²) in [6.45, 7) is 1.42. The Morgan fingerprint density at radius 2 is 2.00 bits per heavy atom. The molecule has 1 heterocycles. The maximum atomic E-state index is 11.2. The third kappa shape index (κ3) is 2.46. The molecule has 5 atom stereocenters. The fraction of sp³-hybridized carbons (Fsp3) is 0.889. The van der Waals surface area contributed by atoms with E-state index in [0.29, 0.717) is 0 Å². The summed E-state index contributed by atoms with van der Waals surface area (Å²) in [6, 6.07) is 0. The molecule has 0 aromatic heterocycles. The van der Waals surface area contributed by atoms with Crippen molar-refractivity contribution < 1.29 is 29.6 Å². The number of hydrogen-bond donors (Lipinski definition) is 3. The first-order valence-electron chi connectivity index (χ1n) is 4.72. The molecule has 15 heavy (non-hydrogen) atoms. The van der Waals surface area contributed by atoms with Crippen LogP contribution in [0.3, 0.4) is 0 Å². The first-order chi connectivity index (χ1) is 6.99. The number of methoxy groups -OCH3 is 1. The van der Waals surface area contributed by atoms with E-state index in [9.17, 15) is 20.1 Å². The Morgan fingerprint density at radius 3 is 2.53 bits per heavy atom. The number of esters is 1. The van der Waals surface area contributed by atoms with Crippen LogP contribution in [0.2, 0.25) is 0 Å². The number of carbonyl (C=O) groups excluding carboxylic acids is 1. The molecule has 0 amide bonds. The van der Waals surface area contributed by atoms with E-state index < -0.39 is 36.3 Å². The number of carbonyl (C=O) groups is 1. The minimum Gasteiger partial charge on any atom is -0.469 e. The van der Waals surface area contributed by atoms with Crippen molar-refractivity contribution in [3.63, 3.8) is 0 Å². The molecule has 0 radical (unpaired) electrons. The first-order valence-corrected chi connectivity index (χ1v) is 4.72. The minimum atomic E-state index is -1.30. The summed E-state index contributed by atoms with van der Waals surface area (Å²) in [6.07, 6.45) is -4.56. The van der Waals surface area contributed by atoms with Crippen molar-refractivity contribution in [1.82, 2.24) is 0 Å². The van der Waals surface area contributed by atoms with Gasteiger partial charge in [0.05, 0.1) is 25.7 Å². The second-order valence-corrected chi connectivity index (χ2v) is 3.66. The van der Waals surface area contributed by atoms with Gasteiger partial charge in [-0.05, 0) is 6.92 Å². The minimum absolute atomic E-state index is 0.107. The van der Waals surface area contributed by atoms with E-state index in [1.165, 1.54) is 14.0 Å². The molecular formula is C9H16O6. The fourth-order valence-corrected chi connectivity index (χ4v) is 1.59. The van der Waals surface area contributed by atoms with Crippen LogP contribution in [0.15, 0.2) is 0 Å². The van der Waals surface area contributed by atoms with Gasteiger partial charge in [-0.2, -0.15) is 0 Å². The van der Waals surface area contributed by atoms with Gasteiger partial charge in [0.15, 0.2) is 0 Å².